The van der Waals surface area contributed by atoms with Crippen LogP contribution in [0.25, 0.3) is 0 Å². The molecule has 0 bridgehead atoms. The molecule has 0 aliphatic rings. The van der Waals surface area contributed by atoms with E-state index in [0.29, 0.717) is 25.9 Å². The van der Waals surface area contributed by atoms with Crippen LogP contribution in [0.3, 0.4) is 0 Å². The zero-order valence-electron chi connectivity index (χ0n) is 55.0. The van der Waals surface area contributed by atoms with Crippen molar-refractivity contribution in [1.82, 2.24) is 5.32 Å². The van der Waals surface area contributed by atoms with Crippen molar-refractivity contribution in [2.24, 2.45) is 0 Å². The van der Waals surface area contributed by atoms with Gasteiger partial charge in [0, 0.05) is 12.8 Å². The molecular formula is C75H145NO5. The van der Waals surface area contributed by atoms with Gasteiger partial charge in [0.2, 0.25) is 5.91 Å². The number of amides is 1. The van der Waals surface area contributed by atoms with Gasteiger partial charge in [0.1, 0.15) is 0 Å². The van der Waals surface area contributed by atoms with E-state index in [0.717, 1.165) is 44.9 Å². The van der Waals surface area contributed by atoms with Crippen LogP contribution in [-0.4, -0.2) is 47.4 Å². The molecule has 81 heavy (non-hydrogen) atoms. The minimum atomic E-state index is -0.664. The highest BCUT2D eigenvalue weighted by Crippen LogP contribution is 2.19. The number of hydrogen-bond donors (Lipinski definition) is 3. The summed E-state index contributed by atoms with van der Waals surface area (Å²) in [6.07, 6.45) is 89.5. The first-order valence-electron chi connectivity index (χ1n) is 37.1. The van der Waals surface area contributed by atoms with Crippen LogP contribution in [0.4, 0.5) is 0 Å². The third kappa shape index (κ3) is 67.3. The summed E-state index contributed by atoms with van der Waals surface area (Å²) in [4.78, 5) is 24.6. The minimum Gasteiger partial charge on any atom is -0.466 e. The van der Waals surface area contributed by atoms with Gasteiger partial charge in [-0.25, -0.2) is 0 Å². The third-order valence-corrected chi connectivity index (χ3v) is 17.5. The van der Waals surface area contributed by atoms with E-state index in [1.807, 2.05) is 0 Å². The molecule has 6 nitrogen and oxygen atoms in total. The molecule has 0 saturated carbocycles. The summed E-state index contributed by atoms with van der Waals surface area (Å²) in [6.45, 7) is 4.99. The zero-order chi connectivity index (χ0) is 58.5. The molecule has 0 rings (SSSR count). The molecule has 0 heterocycles. The average Bonchev–Trinajstić information content (AvgIpc) is 3.47. The molecule has 0 saturated heterocycles. The monoisotopic (exact) mass is 1140 g/mol. The number of unbranched alkanes of at least 4 members (excludes halogenated alkanes) is 55. The fraction of sp³-hybridized carbons (Fsp3) is 0.920. The highest BCUT2D eigenvalue weighted by atomic mass is 16.5. The maximum Gasteiger partial charge on any atom is 0.305 e. The molecule has 0 aromatic carbocycles. The van der Waals surface area contributed by atoms with Gasteiger partial charge in [0.05, 0.1) is 25.4 Å². The standard InChI is InChI=1S/C75H145NO5/c1-3-5-7-9-11-13-15-17-19-21-37-41-45-49-53-57-61-65-69-75(80)81-70-66-62-58-54-50-46-42-38-34-32-30-28-26-24-22-23-25-27-29-31-33-36-40-44-48-52-56-60-64-68-74(79)76-72(71-77)73(78)67-63-59-55-51-47-43-39-35-20-18-16-14-12-10-8-6-4-2/h19,21-22,24,72-73,77-78H,3-18,20,23,25-71H2,1-2H3,(H,76,79)/b21-19-,24-22-. The second kappa shape index (κ2) is 70.8. The number of carbonyl (C=O) groups excluding carboxylic acids is 2. The number of nitrogens with one attached hydrogen (secondary N) is 1. The van der Waals surface area contributed by atoms with Crippen LogP contribution in [0.15, 0.2) is 24.3 Å². The number of hydrogen-bond acceptors (Lipinski definition) is 5. The summed E-state index contributed by atoms with van der Waals surface area (Å²) >= 11 is 0. The molecule has 480 valence electrons. The van der Waals surface area contributed by atoms with E-state index in [-0.39, 0.29) is 18.5 Å². The Kier molecular flexibility index (Phi) is 69.4. The number of aliphatic hydroxyl groups excluding tert-OH is 2. The Morgan fingerprint density at radius 1 is 0.333 bits per heavy atom. The van der Waals surface area contributed by atoms with Crippen molar-refractivity contribution in [1.29, 1.82) is 0 Å². The van der Waals surface area contributed by atoms with Crippen LogP contribution < -0.4 is 5.32 Å². The summed E-state index contributed by atoms with van der Waals surface area (Å²) in [5.74, 6) is -0.0159. The van der Waals surface area contributed by atoms with E-state index >= 15 is 0 Å². The smallest absolute Gasteiger partial charge is 0.305 e. The summed E-state index contributed by atoms with van der Waals surface area (Å²) in [7, 11) is 0. The molecular weight excluding hydrogens is 995 g/mol. The van der Waals surface area contributed by atoms with E-state index in [2.05, 4.69) is 43.5 Å². The Bertz CT molecular complexity index is 1270. The number of aliphatic hydroxyl groups is 2. The van der Waals surface area contributed by atoms with Crippen molar-refractivity contribution < 1.29 is 24.5 Å². The number of ether oxygens (including phenoxy) is 1. The van der Waals surface area contributed by atoms with Crippen molar-refractivity contribution in [3.05, 3.63) is 24.3 Å². The SMILES string of the molecule is CCCCCCCCC/C=C\CCCCCCCCCC(=O)OCCCCCCCCCCCCCC/C=C\CCCCCCCCCCCCCCCC(=O)NC(CO)C(O)CCCCCCCCCCCCCCCCCCC. The number of carbonyl (C=O) groups is 2. The van der Waals surface area contributed by atoms with E-state index in [1.54, 1.807) is 0 Å². The predicted octanol–water partition coefficient (Wildman–Crippen LogP) is 24.1. The molecule has 1 amide bonds. The highest BCUT2D eigenvalue weighted by Gasteiger charge is 2.20. The molecule has 0 aliphatic carbocycles. The predicted molar refractivity (Wildman–Crippen MR) is 356 cm³/mol. The fourth-order valence-electron chi connectivity index (χ4n) is 11.8. The molecule has 6 heteroatoms. The van der Waals surface area contributed by atoms with Gasteiger partial charge in [-0.15, -0.1) is 0 Å². The van der Waals surface area contributed by atoms with Gasteiger partial charge in [-0.2, -0.15) is 0 Å². The quantitative estimate of drug-likeness (QED) is 0.0320. The Morgan fingerprint density at radius 2 is 0.580 bits per heavy atom. The molecule has 0 radical (unpaired) electrons. The lowest BCUT2D eigenvalue weighted by Gasteiger charge is -2.22. The van der Waals surface area contributed by atoms with Gasteiger partial charge < -0.3 is 20.3 Å². The lowest BCUT2D eigenvalue weighted by molar-refractivity contribution is -0.143. The average molecular weight is 1140 g/mol. The summed E-state index contributed by atoms with van der Waals surface area (Å²) < 4.78 is 5.51. The lowest BCUT2D eigenvalue weighted by atomic mass is 10.0. The molecule has 0 aromatic heterocycles. The highest BCUT2D eigenvalue weighted by molar-refractivity contribution is 5.76. The second-order valence-corrected chi connectivity index (χ2v) is 25.6. The number of rotatable bonds is 70. The molecule has 2 unspecified atom stereocenters. The van der Waals surface area contributed by atoms with E-state index in [1.165, 1.54) is 340 Å². The Morgan fingerprint density at radius 3 is 0.877 bits per heavy atom. The third-order valence-electron chi connectivity index (χ3n) is 17.5. The molecule has 0 aromatic rings. The minimum absolute atomic E-state index is 0.0145. The van der Waals surface area contributed by atoms with Crippen molar-refractivity contribution in [2.75, 3.05) is 13.2 Å². The maximum absolute atomic E-state index is 12.5. The van der Waals surface area contributed by atoms with Gasteiger partial charge in [0.25, 0.3) is 0 Å². The summed E-state index contributed by atoms with van der Waals surface area (Å²) in [5.41, 5.74) is 0. The topological polar surface area (TPSA) is 95.9 Å². The molecule has 0 fully saturated rings. The van der Waals surface area contributed by atoms with E-state index < -0.39 is 12.1 Å². The molecule has 2 atom stereocenters. The van der Waals surface area contributed by atoms with Crippen molar-refractivity contribution in [3.63, 3.8) is 0 Å². The van der Waals surface area contributed by atoms with Crippen LogP contribution in [0, 0.1) is 0 Å². The second-order valence-electron chi connectivity index (χ2n) is 25.6. The summed E-state index contributed by atoms with van der Waals surface area (Å²) in [6, 6.07) is -0.541. The largest absolute Gasteiger partial charge is 0.466 e. The van der Waals surface area contributed by atoms with Crippen molar-refractivity contribution in [3.8, 4) is 0 Å². The number of allylic oxidation sites excluding steroid dienone is 4. The van der Waals surface area contributed by atoms with Crippen LogP contribution in [0.1, 0.15) is 418 Å². The molecule has 3 N–H and O–H groups in total. The Balaban J connectivity index is 3.36. The first-order valence-corrected chi connectivity index (χ1v) is 37.1. The molecule has 0 spiro atoms. The van der Waals surface area contributed by atoms with Gasteiger partial charge in [-0.05, 0) is 77.0 Å². The maximum atomic E-state index is 12.5. The van der Waals surface area contributed by atoms with Gasteiger partial charge in [0.15, 0.2) is 0 Å². The van der Waals surface area contributed by atoms with Crippen molar-refractivity contribution in [2.45, 2.75) is 431 Å². The number of esters is 1. The first-order chi connectivity index (χ1) is 40.0. The van der Waals surface area contributed by atoms with Crippen LogP contribution >= 0.6 is 0 Å². The van der Waals surface area contributed by atoms with Crippen LogP contribution in [0.5, 0.6) is 0 Å². The lowest BCUT2D eigenvalue weighted by Crippen LogP contribution is -2.45. The van der Waals surface area contributed by atoms with Crippen molar-refractivity contribution >= 4 is 11.9 Å². The zero-order valence-corrected chi connectivity index (χ0v) is 55.0. The first kappa shape index (κ1) is 79.3. The Labute approximate surface area is 507 Å². The summed E-state index contributed by atoms with van der Waals surface area (Å²) in [5, 5.41) is 23.4. The van der Waals surface area contributed by atoms with Crippen LogP contribution in [-0.2, 0) is 14.3 Å². The fourth-order valence-corrected chi connectivity index (χ4v) is 11.8. The van der Waals surface area contributed by atoms with E-state index in [4.69, 9.17) is 4.74 Å². The van der Waals surface area contributed by atoms with Crippen LogP contribution in [0.2, 0.25) is 0 Å². The van der Waals surface area contributed by atoms with E-state index in [9.17, 15) is 19.8 Å². The van der Waals surface area contributed by atoms with Gasteiger partial charge >= 0.3 is 5.97 Å². The molecule has 0 aliphatic heterocycles. The van der Waals surface area contributed by atoms with Gasteiger partial charge in [-0.1, -0.05) is 353 Å². The Hall–Kier alpha value is -1.66. The normalized spacial score (nSPS) is 12.6. The van der Waals surface area contributed by atoms with Gasteiger partial charge in [-0.3, -0.25) is 9.59 Å².